The first-order valence-electron chi connectivity index (χ1n) is 11.5. The average Bonchev–Trinajstić information content (AvgIpc) is 3.13. The minimum absolute atomic E-state index is 0.00681. The Bertz CT molecular complexity index is 1550. The zero-order chi connectivity index (χ0) is 28.3. The van der Waals surface area contributed by atoms with E-state index in [4.69, 9.17) is 11.6 Å². The number of hydrogen-bond donors (Lipinski definition) is 2. The zero-order valence-corrected chi connectivity index (χ0v) is 21.4. The predicted octanol–water partition coefficient (Wildman–Crippen LogP) is 4.31. The first-order chi connectivity index (χ1) is 18.6. The smallest absolute Gasteiger partial charge is 0.337 e. The molecule has 0 radical (unpaired) electrons. The minimum Gasteiger partial charge on any atom is -0.465 e. The van der Waals surface area contributed by atoms with Gasteiger partial charge in [0.05, 0.1) is 29.7 Å². The van der Waals surface area contributed by atoms with Crippen LogP contribution in [0.5, 0.6) is 0 Å². The van der Waals surface area contributed by atoms with Gasteiger partial charge in [-0.2, -0.15) is 0 Å². The number of benzene rings is 3. The van der Waals surface area contributed by atoms with Gasteiger partial charge in [-0.1, -0.05) is 35.9 Å². The van der Waals surface area contributed by atoms with Crippen LogP contribution < -0.4 is 15.5 Å². The third-order valence-corrected chi connectivity index (χ3v) is 6.18. The van der Waals surface area contributed by atoms with Gasteiger partial charge in [-0.05, 0) is 48.9 Å². The quantitative estimate of drug-likeness (QED) is 0.183. The molecule has 0 aromatic heterocycles. The van der Waals surface area contributed by atoms with Gasteiger partial charge in [0.15, 0.2) is 0 Å². The third kappa shape index (κ3) is 5.78. The van der Waals surface area contributed by atoms with Gasteiger partial charge < -0.3 is 15.4 Å². The van der Waals surface area contributed by atoms with Crippen molar-refractivity contribution in [2.75, 3.05) is 22.6 Å². The van der Waals surface area contributed by atoms with E-state index in [9.17, 15) is 29.3 Å². The van der Waals surface area contributed by atoms with E-state index in [2.05, 4.69) is 15.4 Å². The number of nitrogens with zero attached hydrogens (tertiary/aromatic N) is 2. The molecule has 1 aliphatic rings. The number of halogens is 1. The number of amides is 3. The van der Waals surface area contributed by atoms with Gasteiger partial charge in [0.2, 0.25) is 5.91 Å². The molecule has 0 atom stereocenters. The number of nitro benzene ring substituents is 1. The lowest BCUT2D eigenvalue weighted by molar-refractivity contribution is -0.385. The molecule has 198 valence electrons. The molecule has 3 aromatic carbocycles. The highest BCUT2D eigenvalue weighted by molar-refractivity contribution is 6.53. The number of rotatable bonds is 8. The molecule has 1 heterocycles. The Balaban J connectivity index is 1.43. The highest BCUT2D eigenvalue weighted by Gasteiger charge is 2.39. The van der Waals surface area contributed by atoms with Crippen molar-refractivity contribution in [3.63, 3.8) is 0 Å². The molecular weight excluding hydrogens is 528 g/mol. The summed E-state index contributed by atoms with van der Waals surface area (Å²) in [5.41, 5.74) is 1.95. The maximum atomic E-state index is 13.0. The van der Waals surface area contributed by atoms with Crippen LogP contribution in [0, 0.1) is 17.0 Å². The van der Waals surface area contributed by atoms with E-state index in [1.165, 1.54) is 37.4 Å². The fourth-order valence-corrected chi connectivity index (χ4v) is 4.07. The van der Waals surface area contributed by atoms with Crippen molar-refractivity contribution in [1.29, 1.82) is 0 Å². The Labute approximate surface area is 227 Å². The molecule has 1 aliphatic heterocycles. The summed E-state index contributed by atoms with van der Waals surface area (Å²) in [7, 11) is 1.22. The minimum atomic E-state index is -0.754. The normalized spacial score (nSPS) is 12.9. The van der Waals surface area contributed by atoms with Crippen LogP contribution in [-0.2, 0) is 25.5 Å². The van der Waals surface area contributed by atoms with Gasteiger partial charge in [-0.3, -0.25) is 24.5 Å². The second-order valence-corrected chi connectivity index (χ2v) is 8.86. The molecule has 4 rings (SSSR count). The van der Waals surface area contributed by atoms with Gasteiger partial charge in [-0.25, -0.2) is 9.69 Å². The van der Waals surface area contributed by atoms with Crippen molar-refractivity contribution in [2.45, 2.75) is 13.3 Å². The lowest BCUT2D eigenvalue weighted by Gasteiger charge is -2.16. The summed E-state index contributed by atoms with van der Waals surface area (Å²) in [5, 5.41) is 16.3. The molecule has 2 N–H and O–H groups in total. The SMILES string of the molecule is COC(=O)c1cccc(N2C(=O)C(Cl)=C(Nc3ccc(CC(=O)Nc4ccc(C)c([N+](=O)[O-])c4)cc3)C2=O)c1. The maximum absolute atomic E-state index is 13.0. The highest BCUT2D eigenvalue weighted by atomic mass is 35.5. The zero-order valence-electron chi connectivity index (χ0n) is 20.7. The molecule has 0 saturated carbocycles. The molecule has 0 aliphatic carbocycles. The number of hydrogen-bond acceptors (Lipinski definition) is 8. The first kappa shape index (κ1) is 27.0. The van der Waals surface area contributed by atoms with E-state index in [-0.39, 0.29) is 40.0 Å². The second kappa shape index (κ2) is 11.2. The van der Waals surface area contributed by atoms with Crippen LogP contribution in [0.25, 0.3) is 0 Å². The van der Waals surface area contributed by atoms with E-state index in [0.717, 1.165) is 4.90 Å². The number of aryl methyl sites for hydroxylation is 1. The third-order valence-electron chi connectivity index (χ3n) is 5.83. The van der Waals surface area contributed by atoms with Crippen molar-refractivity contribution < 1.29 is 28.8 Å². The Hall–Kier alpha value is -5.03. The molecule has 0 spiro atoms. The summed E-state index contributed by atoms with van der Waals surface area (Å²) in [4.78, 5) is 61.5. The largest absolute Gasteiger partial charge is 0.465 e. The van der Waals surface area contributed by atoms with E-state index in [0.29, 0.717) is 22.5 Å². The monoisotopic (exact) mass is 548 g/mol. The number of carbonyl (C=O) groups excluding carboxylic acids is 4. The van der Waals surface area contributed by atoms with Gasteiger partial charge >= 0.3 is 5.97 Å². The summed E-state index contributed by atoms with van der Waals surface area (Å²) in [6.07, 6.45) is -0.00681. The van der Waals surface area contributed by atoms with Crippen LogP contribution in [-0.4, -0.2) is 35.7 Å². The van der Waals surface area contributed by atoms with Gasteiger partial charge in [-0.15, -0.1) is 0 Å². The Morgan fingerprint density at radius 3 is 2.36 bits per heavy atom. The number of carbonyl (C=O) groups is 4. The Morgan fingerprint density at radius 1 is 1.00 bits per heavy atom. The summed E-state index contributed by atoms with van der Waals surface area (Å²) >= 11 is 6.18. The van der Waals surface area contributed by atoms with Crippen molar-refractivity contribution >= 4 is 58.0 Å². The highest BCUT2D eigenvalue weighted by Crippen LogP contribution is 2.31. The lowest BCUT2D eigenvalue weighted by Crippen LogP contribution is -2.32. The summed E-state index contributed by atoms with van der Waals surface area (Å²) in [6.45, 7) is 1.61. The van der Waals surface area contributed by atoms with E-state index in [1.807, 2.05) is 0 Å². The molecular formula is C27H21ClN4O7. The maximum Gasteiger partial charge on any atom is 0.337 e. The first-order valence-corrected chi connectivity index (χ1v) is 11.8. The van der Waals surface area contributed by atoms with Gasteiger partial charge in [0.25, 0.3) is 17.5 Å². The standard InChI is InChI=1S/C27H21ClN4O7/c1-15-6-9-19(14-21(15)32(37)38)29-22(33)12-16-7-10-18(11-8-16)30-24-23(28)25(34)31(26(24)35)20-5-3-4-17(13-20)27(36)39-2/h3-11,13-14,30H,12H2,1-2H3,(H,29,33). The van der Waals surface area contributed by atoms with Gasteiger partial charge in [0.1, 0.15) is 10.7 Å². The van der Waals surface area contributed by atoms with E-state index >= 15 is 0 Å². The predicted molar refractivity (Wildman–Crippen MR) is 143 cm³/mol. The van der Waals surface area contributed by atoms with Gasteiger partial charge in [0, 0.05) is 23.0 Å². The Morgan fingerprint density at radius 2 is 1.69 bits per heavy atom. The number of nitrogens with one attached hydrogen (secondary N) is 2. The fourth-order valence-electron chi connectivity index (χ4n) is 3.86. The van der Waals surface area contributed by atoms with Crippen molar-refractivity contribution in [2.24, 2.45) is 0 Å². The summed E-state index contributed by atoms with van der Waals surface area (Å²) in [6, 6.07) is 16.8. The number of methoxy groups -OCH3 is 1. The molecule has 0 bridgehead atoms. The molecule has 12 heteroatoms. The second-order valence-electron chi connectivity index (χ2n) is 8.48. The van der Waals surface area contributed by atoms with Crippen LogP contribution in [0.4, 0.5) is 22.7 Å². The average molecular weight is 549 g/mol. The fraction of sp³-hybridized carbons (Fsp3) is 0.111. The number of imide groups is 1. The van der Waals surface area contributed by atoms with E-state index < -0.39 is 22.7 Å². The van der Waals surface area contributed by atoms with Crippen molar-refractivity contribution in [3.8, 4) is 0 Å². The summed E-state index contributed by atoms with van der Waals surface area (Å²) < 4.78 is 4.68. The van der Waals surface area contributed by atoms with Crippen LogP contribution in [0.15, 0.2) is 77.5 Å². The molecule has 0 unspecified atom stereocenters. The Kier molecular flexibility index (Phi) is 7.73. The molecule has 0 saturated heterocycles. The molecule has 3 aromatic rings. The molecule has 3 amide bonds. The lowest BCUT2D eigenvalue weighted by atomic mass is 10.1. The number of ether oxygens (including phenoxy) is 1. The van der Waals surface area contributed by atoms with Crippen LogP contribution in [0.2, 0.25) is 0 Å². The molecule has 11 nitrogen and oxygen atoms in total. The number of anilines is 3. The number of nitro groups is 1. The van der Waals surface area contributed by atoms with E-state index in [1.54, 1.807) is 43.3 Å². The van der Waals surface area contributed by atoms with Crippen LogP contribution in [0.1, 0.15) is 21.5 Å². The molecule has 39 heavy (non-hydrogen) atoms. The van der Waals surface area contributed by atoms with Crippen molar-refractivity contribution in [3.05, 3.63) is 104 Å². The number of esters is 1. The summed E-state index contributed by atoms with van der Waals surface area (Å²) in [5.74, 6) is -2.46. The van der Waals surface area contributed by atoms with Crippen LogP contribution >= 0.6 is 11.6 Å². The topological polar surface area (TPSA) is 148 Å². The van der Waals surface area contributed by atoms with Crippen LogP contribution in [0.3, 0.4) is 0 Å². The van der Waals surface area contributed by atoms with Crippen molar-refractivity contribution in [1.82, 2.24) is 0 Å². The molecule has 0 fully saturated rings.